The summed E-state index contributed by atoms with van der Waals surface area (Å²) in [5, 5.41) is 25.8. The van der Waals surface area contributed by atoms with Crippen LogP contribution in [0.2, 0.25) is 0 Å². The first-order valence-corrected chi connectivity index (χ1v) is 15.6. The molecule has 0 amide bonds. The highest BCUT2D eigenvalue weighted by Gasteiger charge is 2.34. The number of carbonyl (C=O) groups is 3. The fraction of sp³-hybridized carbons (Fsp3) is 0.833. The molecule has 14 heteroatoms. The lowest BCUT2D eigenvalue weighted by molar-refractivity contribution is -0.164. The minimum Gasteiger partial charge on any atom is -0.462 e. The summed E-state index contributed by atoms with van der Waals surface area (Å²) in [6, 6.07) is 0. The van der Waals surface area contributed by atoms with Gasteiger partial charge in [-0.3, -0.25) is 19.0 Å². The summed E-state index contributed by atoms with van der Waals surface area (Å²) in [4.78, 5) is 37.8. The molecule has 2 fully saturated rings. The maximum absolute atomic E-state index is 11.5. The van der Waals surface area contributed by atoms with Gasteiger partial charge in [0, 0.05) is 17.8 Å². The van der Waals surface area contributed by atoms with Crippen LogP contribution in [-0.2, 0) is 38.0 Å². The van der Waals surface area contributed by atoms with E-state index in [2.05, 4.69) is 4.98 Å². The summed E-state index contributed by atoms with van der Waals surface area (Å²) in [6.07, 6.45) is 3.53. The maximum Gasteiger partial charge on any atom is 0.311 e. The fourth-order valence-electron chi connectivity index (χ4n) is 3.29. The monoisotopic (exact) mass is 725 g/mol. The van der Waals surface area contributed by atoms with Crippen LogP contribution in [0.3, 0.4) is 0 Å². The first-order valence-electron chi connectivity index (χ1n) is 15.6. The topological polar surface area (TPSA) is 185 Å². The van der Waals surface area contributed by atoms with Crippen molar-refractivity contribution in [1.82, 2.24) is 9.55 Å². The lowest BCUT2D eigenvalue weighted by Crippen LogP contribution is -2.29. The molecule has 3 rings (SSSR count). The first kappa shape index (κ1) is 54.3. The van der Waals surface area contributed by atoms with E-state index >= 15 is 0 Å². The number of imidazole rings is 1. The molecule has 3 unspecified atom stereocenters. The smallest absolute Gasteiger partial charge is 0.311 e. The fourth-order valence-corrected chi connectivity index (χ4v) is 3.29. The lowest BCUT2D eigenvalue weighted by atomic mass is 9.96. The first-order chi connectivity index (χ1) is 21.2. The van der Waals surface area contributed by atoms with Crippen molar-refractivity contribution in [3.8, 4) is 0 Å². The average Bonchev–Trinajstić information content (AvgIpc) is 3.69. The third-order valence-electron chi connectivity index (χ3n) is 5.96. The molecule has 2 aliphatic rings. The Balaban J connectivity index is -0.000000281. The Morgan fingerprint density at radius 2 is 1.24 bits per heavy atom. The average molecular weight is 725 g/mol. The van der Waals surface area contributed by atoms with E-state index < -0.39 is 35.1 Å². The van der Waals surface area contributed by atoms with Crippen LogP contribution in [0, 0.1) is 16.2 Å². The molecule has 50 heavy (non-hydrogen) atoms. The van der Waals surface area contributed by atoms with Gasteiger partial charge >= 0.3 is 11.9 Å². The van der Waals surface area contributed by atoms with Crippen molar-refractivity contribution in [2.24, 2.45) is 16.2 Å². The van der Waals surface area contributed by atoms with Crippen molar-refractivity contribution in [3.05, 3.63) is 18.7 Å². The highest BCUT2D eigenvalue weighted by atomic mass is 16.8. The van der Waals surface area contributed by atoms with Gasteiger partial charge in [0.2, 0.25) is 5.91 Å². The quantitative estimate of drug-likeness (QED) is 0.323. The number of rotatable bonds is 6. The zero-order chi connectivity index (χ0) is 36.9. The Hall–Kier alpha value is -2.46. The van der Waals surface area contributed by atoms with Crippen LogP contribution in [0.4, 0.5) is 0 Å². The standard InChI is InChI=1S/C11H20O4.C8H12N2O.C8H16O4.C6H12O3.3CH4/c1-10(2,3)9(12)13-6-8-7-14-11(4,5)15-8;1-8(2,3)7(11)10-5-4-9-6-10;1-8(2,3)7(11)12-5-6(10)4-9;1-6(2)8-4-5(3-7)9-6;;;/h8H,6-7H2,1-5H3;4-6H,1-3H3;6,9-10H,4-5H2,1-3H3;5,7H,3-4H2,1-2H3;3*1H4. The molecule has 3 N–H and O–H groups in total. The second-order valence-corrected chi connectivity index (χ2v) is 15.1. The van der Waals surface area contributed by atoms with Gasteiger partial charge in [0.25, 0.3) is 0 Å². The summed E-state index contributed by atoms with van der Waals surface area (Å²) in [7, 11) is 0. The summed E-state index contributed by atoms with van der Waals surface area (Å²) >= 11 is 0. The lowest BCUT2D eigenvalue weighted by Gasteiger charge is -2.19. The van der Waals surface area contributed by atoms with E-state index in [-0.39, 0.29) is 77.6 Å². The Labute approximate surface area is 302 Å². The molecule has 0 spiro atoms. The van der Waals surface area contributed by atoms with Crippen molar-refractivity contribution in [2.75, 3.05) is 39.6 Å². The number of hydrogen-bond acceptors (Lipinski definition) is 13. The van der Waals surface area contributed by atoms with Crippen molar-refractivity contribution >= 4 is 17.8 Å². The van der Waals surface area contributed by atoms with Crippen LogP contribution in [0.15, 0.2) is 18.7 Å². The molecule has 0 aromatic carbocycles. The molecule has 14 nitrogen and oxygen atoms in total. The minimum atomic E-state index is -0.976. The zero-order valence-corrected chi connectivity index (χ0v) is 30.6. The van der Waals surface area contributed by atoms with E-state index in [1.807, 2.05) is 69.2 Å². The highest BCUT2D eigenvalue weighted by molar-refractivity contribution is 5.83. The van der Waals surface area contributed by atoms with Gasteiger partial charge in [-0.05, 0) is 69.2 Å². The van der Waals surface area contributed by atoms with Crippen LogP contribution >= 0.6 is 0 Å². The number of aliphatic hydroxyl groups excluding tert-OH is 3. The predicted molar refractivity (Wildman–Crippen MR) is 193 cm³/mol. The molecule has 3 heterocycles. The molecule has 0 saturated carbocycles. The molecule has 2 aliphatic heterocycles. The Morgan fingerprint density at radius 3 is 1.54 bits per heavy atom. The molecular weight excluding hydrogens is 652 g/mol. The zero-order valence-electron chi connectivity index (χ0n) is 30.6. The third kappa shape index (κ3) is 23.1. The number of aliphatic hydroxyl groups is 3. The van der Waals surface area contributed by atoms with Gasteiger partial charge in [0.15, 0.2) is 11.6 Å². The van der Waals surface area contributed by atoms with Crippen molar-refractivity contribution in [2.45, 2.75) is 142 Å². The van der Waals surface area contributed by atoms with E-state index in [0.717, 1.165) is 0 Å². The molecule has 1 aromatic heterocycles. The van der Waals surface area contributed by atoms with Crippen molar-refractivity contribution in [1.29, 1.82) is 0 Å². The van der Waals surface area contributed by atoms with Crippen LogP contribution in [0.25, 0.3) is 0 Å². The number of ether oxygens (including phenoxy) is 6. The summed E-state index contributed by atoms with van der Waals surface area (Å²) in [5.41, 5.74) is -1.36. The van der Waals surface area contributed by atoms with E-state index in [1.165, 1.54) is 10.9 Å². The van der Waals surface area contributed by atoms with Crippen LogP contribution in [-0.4, -0.2) is 112 Å². The Kier molecular flexibility index (Phi) is 25.2. The van der Waals surface area contributed by atoms with E-state index in [1.54, 1.807) is 33.2 Å². The summed E-state index contributed by atoms with van der Waals surface area (Å²) in [5.74, 6) is -1.58. The minimum absolute atomic E-state index is 0. The number of nitrogens with zero attached hydrogens (tertiary/aromatic N) is 2. The van der Waals surface area contributed by atoms with E-state index in [4.69, 9.17) is 43.7 Å². The van der Waals surface area contributed by atoms with Crippen LogP contribution in [0.5, 0.6) is 0 Å². The maximum atomic E-state index is 11.5. The highest BCUT2D eigenvalue weighted by Crippen LogP contribution is 2.24. The Bertz CT molecular complexity index is 1070. The molecule has 0 radical (unpaired) electrons. The third-order valence-corrected chi connectivity index (χ3v) is 5.96. The Morgan fingerprint density at radius 1 is 0.800 bits per heavy atom. The SMILES string of the molecule is C.C.C.CC(C)(C)C(=O)OCC(O)CO.CC(C)(C)C(=O)n1ccnc1.CC1(C)OCC(CO)O1.CC1(C)OCC(COC(=O)C(C)(C)C)O1. The van der Waals surface area contributed by atoms with Crippen LogP contribution in [0.1, 0.15) is 117 Å². The van der Waals surface area contributed by atoms with Gasteiger partial charge in [-0.15, -0.1) is 0 Å². The molecule has 0 aliphatic carbocycles. The number of esters is 2. The van der Waals surface area contributed by atoms with Crippen molar-refractivity contribution < 1.29 is 58.1 Å². The molecular formula is C36H72N2O12. The normalized spacial score (nSPS) is 19.4. The summed E-state index contributed by atoms with van der Waals surface area (Å²) in [6.45, 7) is 24.4. The molecule has 0 bridgehead atoms. The predicted octanol–water partition coefficient (Wildman–Crippen LogP) is 5.26. The van der Waals surface area contributed by atoms with E-state index in [9.17, 15) is 14.4 Å². The molecule has 2 saturated heterocycles. The van der Waals surface area contributed by atoms with Crippen LogP contribution < -0.4 is 0 Å². The van der Waals surface area contributed by atoms with Gasteiger partial charge in [0.05, 0.1) is 37.3 Å². The van der Waals surface area contributed by atoms with Gasteiger partial charge in [-0.1, -0.05) is 43.1 Å². The van der Waals surface area contributed by atoms with Gasteiger partial charge in [-0.25, -0.2) is 4.98 Å². The van der Waals surface area contributed by atoms with E-state index in [0.29, 0.717) is 13.2 Å². The second kappa shape index (κ2) is 23.2. The molecule has 3 atom stereocenters. The second-order valence-electron chi connectivity index (χ2n) is 15.1. The number of aromatic nitrogens is 2. The summed E-state index contributed by atoms with van der Waals surface area (Å²) < 4.78 is 32.6. The van der Waals surface area contributed by atoms with Gasteiger partial charge < -0.3 is 43.7 Å². The van der Waals surface area contributed by atoms with Crippen molar-refractivity contribution in [3.63, 3.8) is 0 Å². The van der Waals surface area contributed by atoms with Gasteiger partial charge in [0.1, 0.15) is 37.9 Å². The largest absolute Gasteiger partial charge is 0.462 e. The van der Waals surface area contributed by atoms with Gasteiger partial charge in [-0.2, -0.15) is 0 Å². The number of carbonyl (C=O) groups excluding carboxylic acids is 3. The molecule has 1 aromatic rings. The number of hydrogen-bond donors (Lipinski definition) is 3. The molecule has 298 valence electrons.